The Kier molecular flexibility index (Phi) is 8.92. The van der Waals surface area contributed by atoms with Gasteiger partial charge >= 0.3 is 0 Å². The Balaban J connectivity index is 0.00000261. The van der Waals surface area contributed by atoms with E-state index in [2.05, 4.69) is 44.7 Å². The number of aliphatic imine (C=N–C) groups is 1. The zero-order chi connectivity index (χ0) is 18.2. The van der Waals surface area contributed by atoms with E-state index in [0.717, 1.165) is 54.8 Å². The molecule has 0 aliphatic rings. The van der Waals surface area contributed by atoms with Crippen LogP contribution < -0.4 is 10.6 Å². The van der Waals surface area contributed by atoms with E-state index in [0.29, 0.717) is 6.54 Å². The average Bonchev–Trinajstić information content (AvgIpc) is 3.30. The summed E-state index contributed by atoms with van der Waals surface area (Å²) < 4.78 is 2.03. The van der Waals surface area contributed by atoms with Crippen molar-refractivity contribution in [3.05, 3.63) is 46.3 Å². The number of hydrogen-bond donors (Lipinski definition) is 2. The summed E-state index contributed by atoms with van der Waals surface area (Å²) in [4.78, 5) is 10.3. The van der Waals surface area contributed by atoms with Gasteiger partial charge in [0.1, 0.15) is 10.8 Å². The number of aryl methyl sites for hydroxylation is 2. The van der Waals surface area contributed by atoms with Crippen molar-refractivity contribution in [2.45, 2.75) is 39.7 Å². The van der Waals surface area contributed by atoms with Crippen LogP contribution in [0.5, 0.6) is 0 Å². The van der Waals surface area contributed by atoms with Gasteiger partial charge in [0.05, 0.1) is 6.54 Å². The van der Waals surface area contributed by atoms with E-state index in [1.165, 1.54) is 4.88 Å². The molecule has 0 unspecified atom stereocenters. The summed E-state index contributed by atoms with van der Waals surface area (Å²) in [5, 5.41) is 16.2. The van der Waals surface area contributed by atoms with Gasteiger partial charge in [-0.25, -0.2) is 9.98 Å². The number of fused-ring (bicyclic) bond motifs is 1. The van der Waals surface area contributed by atoms with Gasteiger partial charge < -0.3 is 10.6 Å². The first kappa shape index (κ1) is 21.5. The fraction of sp³-hybridized carbons (Fsp3) is 0.444. The summed E-state index contributed by atoms with van der Waals surface area (Å²) in [7, 11) is 0. The molecule has 0 bridgehead atoms. The van der Waals surface area contributed by atoms with E-state index in [-0.39, 0.29) is 24.0 Å². The fourth-order valence-electron chi connectivity index (χ4n) is 2.59. The molecule has 0 aromatic carbocycles. The molecule has 0 atom stereocenters. The second-order valence-corrected chi connectivity index (χ2v) is 7.04. The lowest BCUT2D eigenvalue weighted by Gasteiger charge is -2.10. The normalized spacial score (nSPS) is 11.4. The molecule has 0 fully saturated rings. The van der Waals surface area contributed by atoms with E-state index < -0.39 is 0 Å². The van der Waals surface area contributed by atoms with E-state index >= 15 is 0 Å². The Morgan fingerprint density at radius 3 is 2.89 bits per heavy atom. The van der Waals surface area contributed by atoms with Crippen molar-refractivity contribution < 1.29 is 0 Å². The van der Waals surface area contributed by atoms with Gasteiger partial charge in [-0.05, 0) is 31.9 Å². The van der Waals surface area contributed by atoms with Crippen molar-refractivity contribution in [1.29, 1.82) is 0 Å². The Morgan fingerprint density at radius 2 is 2.11 bits per heavy atom. The molecule has 0 amide bonds. The van der Waals surface area contributed by atoms with E-state index in [1.54, 1.807) is 11.3 Å². The van der Waals surface area contributed by atoms with Gasteiger partial charge in [0.2, 0.25) is 0 Å². The first-order valence-corrected chi connectivity index (χ1v) is 9.86. The number of thiazole rings is 1. The third kappa shape index (κ3) is 6.13. The first-order valence-electron chi connectivity index (χ1n) is 9.04. The van der Waals surface area contributed by atoms with Crippen molar-refractivity contribution in [3.63, 3.8) is 0 Å². The lowest BCUT2D eigenvalue weighted by Crippen LogP contribution is -2.37. The van der Waals surface area contributed by atoms with Crippen LogP contribution in [0.2, 0.25) is 0 Å². The highest BCUT2D eigenvalue weighted by molar-refractivity contribution is 14.0. The molecule has 3 aromatic rings. The summed E-state index contributed by atoms with van der Waals surface area (Å²) in [5.41, 5.74) is 0.889. The van der Waals surface area contributed by atoms with Crippen LogP contribution in [0.4, 0.5) is 0 Å². The molecule has 3 aromatic heterocycles. The molecule has 0 radical (unpaired) electrons. The number of nitrogens with one attached hydrogen (secondary N) is 2. The number of rotatable bonds is 8. The number of pyridine rings is 1. The minimum atomic E-state index is 0. The Hall–Kier alpha value is -1.75. The predicted molar refractivity (Wildman–Crippen MR) is 121 cm³/mol. The monoisotopic (exact) mass is 499 g/mol. The highest BCUT2D eigenvalue weighted by Crippen LogP contribution is 2.13. The molecule has 3 heterocycles. The topological polar surface area (TPSA) is 79.5 Å². The number of nitrogens with zero attached hydrogens (tertiary/aromatic N) is 5. The van der Waals surface area contributed by atoms with Crippen LogP contribution >= 0.6 is 35.3 Å². The van der Waals surface area contributed by atoms with Gasteiger partial charge in [0.25, 0.3) is 0 Å². The number of aromatic nitrogens is 4. The standard InChI is InChI=1S/C18H25N7S.HI/c1-3-14-12-21-17(26-14)13-22-18(19-4-2)20-10-7-9-16-24-23-15-8-5-6-11-25(15)16;/h5-6,8,11-12H,3-4,7,9-10,13H2,1-2H3,(H2,19,20,22);1H. The zero-order valence-corrected chi connectivity index (χ0v) is 18.8. The second kappa shape index (κ2) is 11.2. The highest BCUT2D eigenvalue weighted by Gasteiger charge is 2.05. The predicted octanol–water partition coefficient (Wildman–Crippen LogP) is 3.05. The minimum Gasteiger partial charge on any atom is -0.357 e. The maximum Gasteiger partial charge on any atom is 0.191 e. The number of guanidine groups is 1. The Bertz CT molecular complexity index is 858. The Morgan fingerprint density at radius 1 is 1.22 bits per heavy atom. The molecule has 0 aliphatic heterocycles. The molecular weight excluding hydrogens is 473 g/mol. The summed E-state index contributed by atoms with van der Waals surface area (Å²) in [6, 6.07) is 5.93. The smallest absolute Gasteiger partial charge is 0.191 e. The number of hydrogen-bond acceptors (Lipinski definition) is 5. The van der Waals surface area contributed by atoms with Crippen LogP contribution in [-0.4, -0.2) is 38.6 Å². The third-order valence-electron chi connectivity index (χ3n) is 3.92. The van der Waals surface area contributed by atoms with E-state index in [4.69, 9.17) is 0 Å². The summed E-state index contributed by atoms with van der Waals surface area (Å²) in [5.74, 6) is 1.81. The summed E-state index contributed by atoms with van der Waals surface area (Å²) in [6.45, 7) is 6.47. The van der Waals surface area contributed by atoms with Crippen molar-refractivity contribution in [2.75, 3.05) is 13.1 Å². The fourth-order valence-corrected chi connectivity index (χ4v) is 3.37. The zero-order valence-electron chi connectivity index (χ0n) is 15.7. The minimum absolute atomic E-state index is 0. The molecule has 0 spiro atoms. The highest BCUT2D eigenvalue weighted by atomic mass is 127. The van der Waals surface area contributed by atoms with Gasteiger partial charge in [0.15, 0.2) is 11.6 Å². The number of halogens is 1. The molecule has 0 saturated carbocycles. The molecule has 0 saturated heterocycles. The molecule has 2 N–H and O–H groups in total. The van der Waals surface area contributed by atoms with Crippen LogP contribution in [0.3, 0.4) is 0 Å². The molecule has 0 aliphatic carbocycles. The van der Waals surface area contributed by atoms with Crippen molar-refractivity contribution in [3.8, 4) is 0 Å². The molecule has 9 heteroatoms. The van der Waals surface area contributed by atoms with Crippen LogP contribution in [0.25, 0.3) is 5.65 Å². The molecule has 27 heavy (non-hydrogen) atoms. The second-order valence-electron chi connectivity index (χ2n) is 5.84. The molecule has 3 rings (SSSR count). The van der Waals surface area contributed by atoms with E-state index in [9.17, 15) is 0 Å². The van der Waals surface area contributed by atoms with Gasteiger partial charge in [0, 0.05) is 36.8 Å². The first-order chi connectivity index (χ1) is 12.8. The van der Waals surface area contributed by atoms with Gasteiger partial charge in [-0.2, -0.15) is 0 Å². The van der Waals surface area contributed by atoms with Crippen molar-refractivity contribution >= 4 is 46.9 Å². The van der Waals surface area contributed by atoms with Crippen LogP contribution in [0.15, 0.2) is 35.6 Å². The lowest BCUT2D eigenvalue weighted by molar-refractivity contribution is 0.715. The molecule has 7 nitrogen and oxygen atoms in total. The molecule has 146 valence electrons. The maximum absolute atomic E-state index is 4.62. The van der Waals surface area contributed by atoms with Gasteiger partial charge in [-0.1, -0.05) is 13.0 Å². The maximum atomic E-state index is 4.62. The SMILES string of the molecule is CCNC(=NCc1ncc(CC)s1)NCCCc1nnc2ccccn12.I. The largest absolute Gasteiger partial charge is 0.357 e. The Labute approximate surface area is 180 Å². The van der Waals surface area contributed by atoms with Gasteiger partial charge in [-0.15, -0.1) is 45.5 Å². The quantitative estimate of drug-likeness (QED) is 0.216. The van der Waals surface area contributed by atoms with Crippen molar-refractivity contribution in [1.82, 2.24) is 30.2 Å². The molecular formula is C18H26IN7S. The lowest BCUT2D eigenvalue weighted by atomic mass is 10.3. The van der Waals surface area contributed by atoms with Crippen LogP contribution in [-0.2, 0) is 19.4 Å². The summed E-state index contributed by atoms with van der Waals surface area (Å²) >= 11 is 1.73. The van der Waals surface area contributed by atoms with Crippen molar-refractivity contribution in [2.24, 2.45) is 4.99 Å². The van der Waals surface area contributed by atoms with Crippen LogP contribution in [0, 0.1) is 0 Å². The third-order valence-corrected chi connectivity index (χ3v) is 5.05. The van der Waals surface area contributed by atoms with E-state index in [1.807, 2.05) is 35.0 Å². The van der Waals surface area contributed by atoms with Crippen LogP contribution in [0.1, 0.15) is 36.0 Å². The van der Waals surface area contributed by atoms with Gasteiger partial charge in [-0.3, -0.25) is 4.40 Å². The summed E-state index contributed by atoms with van der Waals surface area (Å²) in [6.07, 6.45) is 6.79. The average molecular weight is 499 g/mol.